The third-order valence-electron chi connectivity index (χ3n) is 5.52. The van der Waals surface area contributed by atoms with E-state index in [-0.39, 0.29) is 0 Å². The highest BCUT2D eigenvalue weighted by molar-refractivity contribution is 5.12. The van der Waals surface area contributed by atoms with Crippen molar-refractivity contribution in [3.05, 3.63) is 0 Å². The van der Waals surface area contributed by atoms with Crippen LogP contribution in [-0.4, -0.2) is 23.0 Å². The summed E-state index contributed by atoms with van der Waals surface area (Å²) in [5.41, 5.74) is 1.31. The number of nitrogens with zero attached hydrogens (tertiary/aromatic N) is 1. The topological polar surface area (TPSA) is 3.24 Å². The van der Waals surface area contributed by atoms with Gasteiger partial charge in [-0.05, 0) is 49.9 Å². The summed E-state index contributed by atoms with van der Waals surface area (Å²) in [6.07, 6.45) is 1.40. The van der Waals surface area contributed by atoms with Gasteiger partial charge >= 0.3 is 0 Å². The van der Waals surface area contributed by atoms with E-state index >= 15 is 0 Å². The molecule has 0 spiro atoms. The van der Waals surface area contributed by atoms with Gasteiger partial charge in [0, 0.05) is 18.1 Å². The zero-order valence-electron chi connectivity index (χ0n) is 13.1. The molecule has 2 fully saturated rings. The van der Waals surface area contributed by atoms with Gasteiger partial charge in [0.25, 0.3) is 0 Å². The minimum absolute atomic E-state index is 0.333. The Morgan fingerprint density at radius 1 is 1.00 bits per heavy atom. The lowest BCUT2D eigenvalue weighted by atomic mass is 9.70. The van der Waals surface area contributed by atoms with Crippen molar-refractivity contribution in [2.24, 2.45) is 22.7 Å². The van der Waals surface area contributed by atoms with Gasteiger partial charge in [-0.15, -0.1) is 0 Å². The zero-order valence-corrected chi connectivity index (χ0v) is 13.1. The van der Waals surface area contributed by atoms with Crippen molar-refractivity contribution < 1.29 is 0 Å². The smallest absolute Gasteiger partial charge is 0.0158 e. The van der Waals surface area contributed by atoms with E-state index in [1.807, 2.05) is 0 Å². The number of rotatable bonds is 0. The molecule has 0 aromatic carbocycles. The van der Waals surface area contributed by atoms with Crippen molar-refractivity contribution >= 4 is 0 Å². The van der Waals surface area contributed by atoms with Crippen LogP contribution in [0.2, 0.25) is 0 Å². The van der Waals surface area contributed by atoms with Crippen LogP contribution in [0.1, 0.15) is 61.8 Å². The third kappa shape index (κ3) is 1.95. The van der Waals surface area contributed by atoms with Crippen molar-refractivity contribution in [2.45, 2.75) is 73.4 Å². The first-order chi connectivity index (χ1) is 7.45. The molecule has 2 bridgehead atoms. The molecular weight excluding hydrogens is 206 g/mol. The third-order valence-corrected chi connectivity index (χ3v) is 5.52. The van der Waals surface area contributed by atoms with Crippen molar-refractivity contribution in [1.82, 2.24) is 4.90 Å². The van der Waals surface area contributed by atoms with E-state index in [2.05, 4.69) is 60.3 Å². The monoisotopic (exact) mass is 237 g/mol. The second-order valence-electron chi connectivity index (χ2n) is 8.98. The van der Waals surface area contributed by atoms with Gasteiger partial charge in [-0.1, -0.05) is 34.6 Å². The Hall–Kier alpha value is -0.0400. The van der Waals surface area contributed by atoms with Gasteiger partial charge in [0.2, 0.25) is 0 Å². The fourth-order valence-corrected chi connectivity index (χ4v) is 4.40. The highest BCUT2D eigenvalue weighted by Crippen LogP contribution is 2.60. The summed E-state index contributed by atoms with van der Waals surface area (Å²) in [5, 5.41) is 0. The van der Waals surface area contributed by atoms with Crippen LogP contribution >= 0.6 is 0 Å². The fourth-order valence-electron chi connectivity index (χ4n) is 4.40. The van der Waals surface area contributed by atoms with Crippen LogP contribution in [0.3, 0.4) is 0 Å². The molecular formula is C16H31N. The number of hydrogen-bond donors (Lipinski definition) is 0. The van der Waals surface area contributed by atoms with Gasteiger partial charge < -0.3 is 0 Å². The van der Waals surface area contributed by atoms with E-state index < -0.39 is 0 Å². The Labute approximate surface area is 108 Å². The first kappa shape index (κ1) is 13.4. The second kappa shape index (κ2) is 3.50. The molecule has 1 saturated heterocycles. The van der Waals surface area contributed by atoms with Gasteiger partial charge in [0.05, 0.1) is 0 Å². The minimum atomic E-state index is 0.333. The summed E-state index contributed by atoms with van der Waals surface area (Å²) in [6.45, 7) is 20.7. The van der Waals surface area contributed by atoms with E-state index in [9.17, 15) is 0 Å². The molecule has 2 rings (SSSR count). The van der Waals surface area contributed by atoms with Crippen LogP contribution in [0.4, 0.5) is 0 Å². The number of fused-ring (bicyclic) bond motifs is 2. The maximum Gasteiger partial charge on any atom is 0.0158 e. The Balaban J connectivity index is 2.27. The predicted molar refractivity (Wildman–Crippen MR) is 75.1 cm³/mol. The Kier molecular flexibility index (Phi) is 2.75. The molecule has 100 valence electrons. The molecule has 0 aromatic heterocycles. The average Bonchev–Trinajstić information content (AvgIpc) is 2.50. The Morgan fingerprint density at radius 2 is 1.53 bits per heavy atom. The predicted octanol–water partition coefficient (Wildman–Crippen LogP) is 4.18. The van der Waals surface area contributed by atoms with Crippen molar-refractivity contribution in [3.8, 4) is 0 Å². The molecule has 1 heteroatoms. The highest BCUT2D eigenvalue weighted by Gasteiger charge is 2.60. The van der Waals surface area contributed by atoms with Crippen molar-refractivity contribution in [1.29, 1.82) is 0 Å². The van der Waals surface area contributed by atoms with Crippen LogP contribution in [0.15, 0.2) is 0 Å². The number of piperidine rings is 1. The van der Waals surface area contributed by atoms with Crippen LogP contribution in [0.25, 0.3) is 0 Å². The molecule has 1 aliphatic carbocycles. The fraction of sp³-hybridized carbons (Fsp3) is 1.00. The summed E-state index contributed by atoms with van der Waals surface area (Å²) in [7, 11) is 0. The van der Waals surface area contributed by atoms with E-state index in [1.54, 1.807) is 0 Å². The molecule has 3 atom stereocenters. The molecule has 17 heavy (non-hydrogen) atoms. The van der Waals surface area contributed by atoms with E-state index in [1.165, 1.54) is 13.0 Å². The molecule has 1 aliphatic heterocycles. The van der Waals surface area contributed by atoms with Crippen molar-refractivity contribution in [2.75, 3.05) is 6.54 Å². The van der Waals surface area contributed by atoms with Crippen LogP contribution < -0.4 is 0 Å². The van der Waals surface area contributed by atoms with E-state index in [0.29, 0.717) is 16.4 Å². The molecule has 0 aromatic rings. The van der Waals surface area contributed by atoms with Crippen LogP contribution in [0, 0.1) is 22.7 Å². The van der Waals surface area contributed by atoms with Gasteiger partial charge in [0.15, 0.2) is 0 Å². The van der Waals surface area contributed by atoms with Crippen LogP contribution in [0.5, 0.6) is 0 Å². The van der Waals surface area contributed by atoms with Gasteiger partial charge in [0.1, 0.15) is 0 Å². The SMILES string of the molecule is CC(C)(C)C1C[C@@H]2N(C(C)(C)C)C[C@H]1C2(C)C. The normalized spacial score (nSPS) is 37.8. The molecule has 1 saturated carbocycles. The van der Waals surface area contributed by atoms with E-state index in [4.69, 9.17) is 0 Å². The summed E-state index contributed by atoms with van der Waals surface area (Å²) >= 11 is 0. The summed E-state index contributed by atoms with van der Waals surface area (Å²) in [4.78, 5) is 2.76. The lowest BCUT2D eigenvalue weighted by Gasteiger charge is -2.44. The van der Waals surface area contributed by atoms with Gasteiger partial charge in [-0.25, -0.2) is 0 Å². The first-order valence-corrected chi connectivity index (χ1v) is 7.22. The quantitative estimate of drug-likeness (QED) is 0.611. The highest BCUT2D eigenvalue weighted by atomic mass is 15.3. The van der Waals surface area contributed by atoms with Crippen LogP contribution in [-0.2, 0) is 0 Å². The summed E-state index contributed by atoms with van der Waals surface area (Å²) < 4.78 is 0. The molecule has 1 unspecified atom stereocenters. The maximum atomic E-state index is 2.76. The average molecular weight is 237 g/mol. The van der Waals surface area contributed by atoms with Gasteiger partial charge in [-0.2, -0.15) is 0 Å². The van der Waals surface area contributed by atoms with Gasteiger partial charge in [-0.3, -0.25) is 4.90 Å². The van der Waals surface area contributed by atoms with Crippen molar-refractivity contribution in [3.63, 3.8) is 0 Å². The summed E-state index contributed by atoms with van der Waals surface area (Å²) in [6, 6.07) is 0.789. The molecule has 1 nitrogen and oxygen atoms in total. The van der Waals surface area contributed by atoms with E-state index in [0.717, 1.165) is 17.9 Å². The number of hydrogen-bond acceptors (Lipinski definition) is 1. The minimum Gasteiger partial charge on any atom is -0.295 e. The standard InChI is InChI=1S/C16H31N/c1-14(2,3)11-9-13-16(7,8)12(11)10-17(13)15(4,5)6/h11-13H,9-10H2,1-8H3/t11?,12-,13+/m1/s1. The second-order valence-corrected chi connectivity index (χ2v) is 8.98. The summed E-state index contributed by atoms with van der Waals surface area (Å²) in [5.74, 6) is 1.79. The number of likely N-dealkylation sites (tertiary alicyclic amines) is 1. The maximum absolute atomic E-state index is 2.76. The largest absolute Gasteiger partial charge is 0.295 e. The molecule has 2 aliphatic rings. The zero-order chi connectivity index (χ0) is 13.2. The lowest BCUT2D eigenvalue weighted by molar-refractivity contribution is 0.0452. The molecule has 0 N–H and O–H groups in total. The molecule has 1 heterocycles. The lowest BCUT2D eigenvalue weighted by Crippen LogP contribution is -2.49. The molecule has 0 radical (unpaired) electrons. The molecule has 0 amide bonds. The first-order valence-electron chi connectivity index (χ1n) is 7.22. The Morgan fingerprint density at radius 3 is 1.82 bits per heavy atom. The Bertz CT molecular complexity index is 272.